The van der Waals surface area contributed by atoms with E-state index < -0.39 is 17.7 Å². The number of rotatable bonds is 2. The Morgan fingerprint density at radius 2 is 2.00 bits per heavy atom. The zero-order chi connectivity index (χ0) is 17.6. The first-order chi connectivity index (χ1) is 11.9. The monoisotopic (exact) mass is 343 g/mol. The lowest BCUT2D eigenvalue weighted by Crippen LogP contribution is -2.42. The third kappa shape index (κ3) is 2.85. The molecule has 0 unspecified atom stereocenters. The zero-order valence-corrected chi connectivity index (χ0v) is 13.9. The molecule has 0 saturated carbocycles. The fourth-order valence-electron chi connectivity index (χ4n) is 2.88. The van der Waals surface area contributed by atoms with Crippen molar-refractivity contribution in [3.63, 3.8) is 0 Å². The summed E-state index contributed by atoms with van der Waals surface area (Å²) in [5, 5.41) is 2.93. The standard InChI is InChI=1S/C17H17N3O5/c1-17(2)24-15(21)11(16(22)25-17)8-18-10-3-4-13-12(7-10)19-14-9-23-6-5-20(13)14/h3-4,7-8,18H,5-6,9H2,1-2H3. The van der Waals surface area contributed by atoms with E-state index in [0.29, 0.717) is 18.9 Å². The van der Waals surface area contributed by atoms with Gasteiger partial charge in [0.1, 0.15) is 12.4 Å². The number of imidazole rings is 1. The number of carbonyl (C=O) groups excluding carboxylic acids is 2. The Hall–Kier alpha value is -2.87. The van der Waals surface area contributed by atoms with Crippen LogP contribution in [0, 0.1) is 0 Å². The maximum atomic E-state index is 11.9. The number of cyclic esters (lactones) is 2. The lowest BCUT2D eigenvalue weighted by molar-refractivity contribution is -0.222. The molecule has 2 aliphatic heterocycles. The molecule has 130 valence electrons. The molecule has 0 amide bonds. The van der Waals surface area contributed by atoms with E-state index in [0.717, 1.165) is 23.4 Å². The van der Waals surface area contributed by atoms with Crippen molar-refractivity contribution in [2.75, 3.05) is 11.9 Å². The van der Waals surface area contributed by atoms with E-state index in [4.69, 9.17) is 14.2 Å². The van der Waals surface area contributed by atoms with Crippen LogP contribution in [0.5, 0.6) is 0 Å². The minimum Gasteiger partial charge on any atom is -0.419 e. The van der Waals surface area contributed by atoms with Gasteiger partial charge in [0.05, 0.1) is 17.6 Å². The molecule has 1 N–H and O–H groups in total. The summed E-state index contributed by atoms with van der Waals surface area (Å²) in [5.74, 6) is -1.80. The third-order valence-corrected chi connectivity index (χ3v) is 4.02. The predicted molar refractivity (Wildman–Crippen MR) is 87.4 cm³/mol. The number of ether oxygens (including phenoxy) is 3. The van der Waals surface area contributed by atoms with Gasteiger partial charge in [0.2, 0.25) is 0 Å². The maximum absolute atomic E-state index is 11.9. The highest BCUT2D eigenvalue weighted by Crippen LogP contribution is 2.25. The van der Waals surface area contributed by atoms with E-state index in [-0.39, 0.29) is 5.57 Å². The fraction of sp³-hybridized carbons (Fsp3) is 0.353. The maximum Gasteiger partial charge on any atom is 0.350 e. The van der Waals surface area contributed by atoms with Crippen LogP contribution >= 0.6 is 0 Å². The molecule has 25 heavy (non-hydrogen) atoms. The third-order valence-electron chi connectivity index (χ3n) is 4.02. The smallest absolute Gasteiger partial charge is 0.350 e. The van der Waals surface area contributed by atoms with Gasteiger partial charge in [0.15, 0.2) is 5.57 Å². The Bertz CT molecular complexity index is 890. The molecule has 1 aromatic carbocycles. The molecule has 2 aliphatic rings. The molecule has 0 atom stereocenters. The van der Waals surface area contributed by atoms with E-state index in [9.17, 15) is 9.59 Å². The van der Waals surface area contributed by atoms with Crippen molar-refractivity contribution in [1.82, 2.24) is 9.55 Å². The first-order valence-corrected chi connectivity index (χ1v) is 7.93. The van der Waals surface area contributed by atoms with Gasteiger partial charge in [-0.2, -0.15) is 0 Å². The Kier molecular flexibility index (Phi) is 3.50. The molecule has 0 spiro atoms. The minimum atomic E-state index is -1.25. The van der Waals surface area contributed by atoms with Gasteiger partial charge in [-0.1, -0.05) is 0 Å². The van der Waals surface area contributed by atoms with Crippen LogP contribution in [0.2, 0.25) is 0 Å². The molecule has 2 aromatic rings. The van der Waals surface area contributed by atoms with Gasteiger partial charge in [0.25, 0.3) is 5.79 Å². The average molecular weight is 343 g/mol. The van der Waals surface area contributed by atoms with Gasteiger partial charge in [-0.3, -0.25) is 0 Å². The van der Waals surface area contributed by atoms with Crippen molar-refractivity contribution in [3.05, 3.63) is 35.8 Å². The highest BCUT2D eigenvalue weighted by Gasteiger charge is 2.38. The largest absolute Gasteiger partial charge is 0.419 e. The summed E-state index contributed by atoms with van der Waals surface area (Å²) in [6.45, 7) is 4.95. The van der Waals surface area contributed by atoms with Crippen LogP contribution in [-0.2, 0) is 37.0 Å². The van der Waals surface area contributed by atoms with Crippen molar-refractivity contribution in [2.24, 2.45) is 0 Å². The topological polar surface area (TPSA) is 91.7 Å². The molecule has 0 aliphatic carbocycles. The van der Waals surface area contributed by atoms with Crippen LogP contribution in [0.25, 0.3) is 11.0 Å². The Morgan fingerprint density at radius 1 is 1.24 bits per heavy atom. The van der Waals surface area contributed by atoms with Crippen molar-refractivity contribution in [2.45, 2.75) is 32.8 Å². The molecule has 0 bridgehead atoms. The van der Waals surface area contributed by atoms with Gasteiger partial charge in [-0.05, 0) is 18.2 Å². The summed E-state index contributed by atoms with van der Waals surface area (Å²) in [4.78, 5) is 28.4. The molecular formula is C17H17N3O5. The molecule has 0 radical (unpaired) electrons. The number of nitrogens with zero attached hydrogens (tertiary/aromatic N) is 2. The van der Waals surface area contributed by atoms with E-state index in [1.165, 1.54) is 20.0 Å². The molecule has 1 saturated heterocycles. The van der Waals surface area contributed by atoms with Crippen molar-refractivity contribution in [1.29, 1.82) is 0 Å². The van der Waals surface area contributed by atoms with Gasteiger partial charge < -0.3 is 24.1 Å². The molecule has 8 heteroatoms. The Labute approximate surface area is 143 Å². The van der Waals surface area contributed by atoms with Gasteiger partial charge in [0, 0.05) is 32.3 Å². The number of benzene rings is 1. The van der Waals surface area contributed by atoms with Crippen LogP contribution in [0.15, 0.2) is 30.0 Å². The molecular weight excluding hydrogens is 326 g/mol. The lowest BCUT2D eigenvalue weighted by atomic mass is 10.2. The molecule has 8 nitrogen and oxygen atoms in total. The Balaban J connectivity index is 1.59. The van der Waals surface area contributed by atoms with E-state index in [1.54, 1.807) is 0 Å². The fourth-order valence-corrected chi connectivity index (χ4v) is 2.88. The second-order valence-corrected chi connectivity index (χ2v) is 6.32. The number of hydrogen-bond donors (Lipinski definition) is 1. The van der Waals surface area contributed by atoms with Crippen LogP contribution in [0.4, 0.5) is 5.69 Å². The summed E-state index contributed by atoms with van der Waals surface area (Å²) in [7, 11) is 0. The normalized spacial score (nSPS) is 19.2. The predicted octanol–water partition coefficient (Wildman–Crippen LogP) is 1.70. The van der Waals surface area contributed by atoms with Crippen LogP contribution in [0.3, 0.4) is 0 Å². The summed E-state index contributed by atoms with van der Waals surface area (Å²) < 4.78 is 17.6. The van der Waals surface area contributed by atoms with E-state index >= 15 is 0 Å². The number of hydrogen-bond acceptors (Lipinski definition) is 7. The summed E-state index contributed by atoms with van der Waals surface area (Å²) >= 11 is 0. The van der Waals surface area contributed by atoms with Crippen LogP contribution in [-0.4, -0.2) is 33.9 Å². The number of nitrogens with one attached hydrogen (secondary N) is 1. The van der Waals surface area contributed by atoms with Crippen LogP contribution in [0.1, 0.15) is 19.7 Å². The van der Waals surface area contributed by atoms with Gasteiger partial charge in [-0.15, -0.1) is 0 Å². The van der Waals surface area contributed by atoms with E-state index in [2.05, 4.69) is 14.9 Å². The Morgan fingerprint density at radius 3 is 2.76 bits per heavy atom. The van der Waals surface area contributed by atoms with E-state index in [1.807, 2.05) is 18.2 Å². The summed E-state index contributed by atoms with van der Waals surface area (Å²) in [6.07, 6.45) is 1.29. The number of fused-ring (bicyclic) bond motifs is 3. The van der Waals surface area contributed by atoms with Gasteiger partial charge in [-0.25, -0.2) is 14.6 Å². The van der Waals surface area contributed by atoms with Crippen molar-refractivity contribution >= 4 is 28.7 Å². The number of aromatic nitrogens is 2. The summed E-state index contributed by atoms with van der Waals surface area (Å²) in [6, 6.07) is 5.65. The number of anilines is 1. The number of carbonyl (C=O) groups is 2. The highest BCUT2D eigenvalue weighted by molar-refractivity contribution is 6.15. The highest BCUT2D eigenvalue weighted by atomic mass is 16.7. The molecule has 1 aromatic heterocycles. The van der Waals surface area contributed by atoms with Crippen LogP contribution < -0.4 is 5.32 Å². The number of esters is 2. The zero-order valence-electron chi connectivity index (χ0n) is 13.9. The second kappa shape index (κ2) is 5.59. The van der Waals surface area contributed by atoms with Gasteiger partial charge >= 0.3 is 11.9 Å². The SMILES string of the molecule is CC1(C)OC(=O)C(=CNc2ccc3c(c2)nc2n3CCOC2)C(=O)O1. The first kappa shape index (κ1) is 15.6. The molecule has 1 fully saturated rings. The second-order valence-electron chi connectivity index (χ2n) is 6.32. The molecule has 3 heterocycles. The summed E-state index contributed by atoms with van der Waals surface area (Å²) in [5.41, 5.74) is 2.35. The van der Waals surface area contributed by atoms with Crippen molar-refractivity contribution in [3.8, 4) is 0 Å². The minimum absolute atomic E-state index is 0.183. The molecule has 4 rings (SSSR count). The average Bonchev–Trinajstić information content (AvgIpc) is 2.90. The first-order valence-electron chi connectivity index (χ1n) is 7.93. The van der Waals surface area contributed by atoms with Crippen molar-refractivity contribution < 1.29 is 23.8 Å². The quantitative estimate of drug-likeness (QED) is 0.504. The lowest BCUT2D eigenvalue weighted by Gasteiger charge is -2.29.